The van der Waals surface area contributed by atoms with E-state index in [0.717, 1.165) is 0 Å². The fourth-order valence-corrected chi connectivity index (χ4v) is 0.581. The molecule has 0 aliphatic heterocycles. The van der Waals surface area contributed by atoms with Crippen molar-refractivity contribution < 1.29 is 24.0 Å². The maximum absolute atomic E-state index is 11.0. The zero-order valence-electron chi connectivity index (χ0n) is 8.19. The van der Waals surface area contributed by atoms with E-state index in [2.05, 4.69) is 9.57 Å². The van der Waals surface area contributed by atoms with Crippen LogP contribution in [0.15, 0.2) is 0 Å². The van der Waals surface area contributed by atoms with E-state index < -0.39 is 30.4 Å². The summed E-state index contributed by atoms with van der Waals surface area (Å²) in [4.78, 5) is 36.5. The molecular formula is C7H13N3O5. The molecule has 1 unspecified atom stereocenters. The predicted molar refractivity (Wildman–Crippen MR) is 47.9 cm³/mol. The molecular weight excluding hydrogens is 206 g/mol. The molecule has 0 aromatic heterocycles. The van der Waals surface area contributed by atoms with E-state index in [-0.39, 0.29) is 6.61 Å². The normalized spacial score (nSPS) is 11.6. The van der Waals surface area contributed by atoms with Crippen LogP contribution >= 0.6 is 0 Å². The summed E-state index contributed by atoms with van der Waals surface area (Å²) in [5.74, 6) is -2.55. The number of nitrogens with two attached hydrogens (primary N) is 2. The van der Waals surface area contributed by atoms with Crippen molar-refractivity contribution in [2.24, 2.45) is 11.5 Å². The van der Waals surface area contributed by atoms with Gasteiger partial charge in [-0.15, -0.1) is 0 Å². The number of ether oxygens (including phenoxy) is 1. The number of primary amides is 1. The van der Waals surface area contributed by atoms with Crippen molar-refractivity contribution in [2.45, 2.75) is 13.0 Å². The van der Waals surface area contributed by atoms with Gasteiger partial charge in [-0.25, -0.2) is 10.3 Å². The number of hydrogen-bond acceptors (Lipinski definition) is 6. The van der Waals surface area contributed by atoms with Crippen LogP contribution in [0.2, 0.25) is 0 Å². The molecule has 2 amide bonds. The molecule has 0 aliphatic rings. The first-order valence-corrected chi connectivity index (χ1v) is 4.11. The Morgan fingerprint density at radius 2 is 2.00 bits per heavy atom. The predicted octanol–water partition coefficient (Wildman–Crippen LogP) is -2.59. The van der Waals surface area contributed by atoms with Crippen molar-refractivity contribution in [3.05, 3.63) is 0 Å². The summed E-state index contributed by atoms with van der Waals surface area (Å²) in [6.07, 6.45) is 0. The minimum atomic E-state index is -1.49. The molecule has 0 aromatic rings. The van der Waals surface area contributed by atoms with Crippen LogP contribution in [0.3, 0.4) is 0 Å². The molecule has 0 spiro atoms. The molecule has 0 fully saturated rings. The number of nitrogens with one attached hydrogen (secondary N) is 1. The Balaban J connectivity index is 3.88. The van der Waals surface area contributed by atoms with Crippen LogP contribution in [0.5, 0.6) is 0 Å². The number of carbonyl (C=O) groups excluding carboxylic acids is 3. The second kappa shape index (κ2) is 6.74. The Bertz CT molecular complexity index is 255. The van der Waals surface area contributed by atoms with Crippen LogP contribution in [0, 0.1) is 0 Å². The van der Waals surface area contributed by atoms with Crippen molar-refractivity contribution in [3.8, 4) is 0 Å². The van der Waals surface area contributed by atoms with Gasteiger partial charge in [0, 0.05) is 0 Å². The van der Waals surface area contributed by atoms with Crippen LogP contribution < -0.4 is 16.9 Å². The molecule has 0 bridgehead atoms. The molecule has 8 nitrogen and oxygen atoms in total. The lowest BCUT2D eigenvalue weighted by Gasteiger charge is -2.10. The van der Waals surface area contributed by atoms with Gasteiger partial charge in [0.25, 0.3) is 5.91 Å². The van der Waals surface area contributed by atoms with Crippen molar-refractivity contribution in [2.75, 3.05) is 13.2 Å². The first-order valence-electron chi connectivity index (χ1n) is 4.11. The molecule has 5 N–H and O–H groups in total. The average molecular weight is 219 g/mol. The van der Waals surface area contributed by atoms with Gasteiger partial charge in [0.1, 0.15) is 0 Å². The van der Waals surface area contributed by atoms with Gasteiger partial charge in [-0.2, -0.15) is 0 Å². The van der Waals surface area contributed by atoms with Gasteiger partial charge in [0.2, 0.25) is 5.91 Å². The summed E-state index contributed by atoms with van der Waals surface area (Å²) in [5, 5.41) is 0. The van der Waals surface area contributed by atoms with Crippen molar-refractivity contribution in [3.63, 3.8) is 0 Å². The monoisotopic (exact) mass is 219 g/mol. The standard InChI is InChI=1S/C7H13N3O5/c1-2-14-7(13)5(9)6(12)10-15-3-4(8)11/h5H,2-3,9H2,1H3,(H2,8,11)(H,10,12). The molecule has 0 aliphatic carbocycles. The largest absolute Gasteiger partial charge is 0.464 e. The molecule has 0 saturated heterocycles. The van der Waals surface area contributed by atoms with Gasteiger partial charge < -0.3 is 16.2 Å². The Labute approximate surface area is 85.8 Å². The Morgan fingerprint density at radius 1 is 1.40 bits per heavy atom. The smallest absolute Gasteiger partial charge is 0.332 e. The molecule has 0 rings (SSSR count). The second-order valence-electron chi connectivity index (χ2n) is 2.45. The highest BCUT2D eigenvalue weighted by Gasteiger charge is 2.23. The van der Waals surface area contributed by atoms with Crippen molar-refractivity contribution in [1.82, 2.24) is 5.48 Å². The molecule has 15 heavy (non-hydrogen) atoms. The highest BCUT2D eigenvalue weighted by atomic mass is 16.7. The molecule has 0 aromatic carbocycles. The summed E-state index contributed by atoms with van der Waals surface area (Å²) >= 11 is 0. The SMILES string of the molecule is CCOC(=O)C(N)C(=O)NOCC(N)=O. The summed E-state index contributed by atoms with van der Waals surface area (Å²) in [6.45, 7) is 1.19. The third kappa shape index (κ3) is 5.60. The first kappa shape index (κ1) is 13.3. The van der Waals surface area contributed by atoms with E-state index in [9.17, 15) is 14.4 Å². The summed E-state index contributed by atoms with van der Waals surface area (Å²) in [5.41, 5.74) is 11.7. The number of hydroxylamine groups is 1. The van der Waals surface area contributed by atoms with Crippen LogP contribution in [0.4, 0.5) is 0 Å². The second-order valence-corrected chi connectivity index (χ2v) is 2.45. The topological polar surface area (TPSA) is 134 Å². The number of rotatable bonds is 6. The van der Waals surface area contributed by atoms with Gasteiger partial charge in [-0.1, -0.05) is 0 Å². The van der Waals surface area contributed by atoms with E-state index >= 15 is 0 Å². The van der Waals surface area contributed by atoms with Gasteiger partial charge in [0.15, 0.2) is 12.6 Å². The molecule has 8 heteroatoms. The zero-order chi connectivity index (χ0) is 11.8. The molecule has 86 valence electrons. The van der Waals surface area contributed by atoms with Gasteiger partial charge in [-0.3, -0.25) is 14.4 Å². The van der Waals surface area contributed by atoms with Crippen molar-refractivity contribution in [1.29, 1.82) is 0 Å². The fraction of sp³-hybridized carbons (Fsp3) is 0.571. The van der Waals surface area contributed by atoms with Crippen LogP contribution in [-0.2, 0) is 24.0 Å². The Morgan fingerprint density at radius 3 is 2.47 bits per heavy atom. The Kier molecular flexibility index (Phi) is 5.99. The van der Waals surface area contributed by atoms with Crippen molar-refractivity contribution >= 4 is 17.8 Å². The third-order valence-corrected chi connectivity index (χ3v) is 1.21. The van der Waals surface area contributed by atoms with E-state index in [0.29, 0.717) is 0 Å². The van der Waals surface area contributed by atoms with E-state index in [1.807, 2.05) is 0 Å². The minimum Gasteiger partial charge on any atom is -0.464 e. The van der Waals surface area contributed by atoms with Crippen LogP contribution in [-0.4, -0.2) is 37.0 Å². The lowest BCUT2D eigenvalue weighted by atomic mass is 10.3. The number of esters is 1. The number of amides is 2. The molecule has 1 atom stereocenters. The van der Waals surface area contributed by atoms with E-state index in [1.54, 1.807) is 12.4 Å². The number of carbonyl (C=O) groups is 3. The molecule has 0 saturated carbocycles. The molecule has 0 radical (unpaired) electrons. The maximum Gasteiger partial charge on any atom is 0.332 e. The summed E-state index contributed by atoms with van der Waals surface area (Å²) in [7, 11) is 0. The Hall–Kier alpha value is -1.67. The zero-order valence-corrected chi connectivity index (χ0v) is 8.19. The average Bonchev–Trinajstić information content (AvgIpc) is 2.16. The maximum atomic E-state index is 11.0. The van der Waals surface area contributed by atoms with E-state index in [4.69, 9.17) is 11.5 Å². The highest BCUT2D eigenvalue weighted by Crippen LogP contribution is 1.86. The lowest BCUT2D eigenvalue weighted by Crippen LogP contribution is -2.47. The quantitative estimate of drug-likeness (QED) is 0.255. The summed E-state index contributed by atoms with van der Waals surface area (Å²) < 4.78 is 4.48. The van der Waals surface area contributed by atoms with E-state index in [1.165, 1.54) is 0 Å². The van der Waals surface area contributed by atoms with Gasteiger partial charge in [-0.05, 0) is 6.92 Å². The summed E-state index contributed by atoms with van der Waals surface area (Å²) in [6, 6.07) is -1.49. The van der Waals surface area contributed by atoms with Gasteiger partial charge in [0.05, 0.1) is 6.61 Å². The number of hydrogen-bond donors (Lipinski definition) is 3. The first-order chi connectivity index (χ1) is 6.99. The third-order valence-electron chi connectivity index (χ3n) is 1.21. The van der Waals surface area contributed by atoms with Crippen LogP contribution in [0.25, 0.3) is 0 Å². The molecule has 0 heterocycles. The minimum absolute atomic E-state index is 0.113. The fourth-order valence-electron chi connectivity index (χ4n) is 0.581. The lowest BCUT2D eigenvalue weighted by molar-refractivity contribution is -0.151. The highest BCUT2D eigenvalue weighted by molar-refractivity contribution is 6.01. The van der Waals surface area contributed by atoms with Crippen LogP contribution in [0.1, 0.15) is 6.92 Å². The van der Waals surface area contributed by atoms with Gasteiger partial charge >= 0.3 is 5.97 Å².